The molecule has 0 aliphatic heterocycles. The maximum Gasteiger partial charge on any atom is 0.119 e. The monoisotopic (exact) mass is 344 g/mol. The molecule has 1 aromatic carbocycles. The van der Waals surface area contributed by atoms with Crippen LogP contribution < -0.4 is 4.74 Å². The zero-order chi connectivity index (χ0) is 17.6. The fraction of sp³-hybridized carbons (Fsp3) is 0.739. The van der Waals surface area contributed by atoms with Crippen LogP contribution in [0.4, 0.5) is 0 Å². The van der Waals surface area contributed by atoms with E-state index in [-0.39, 0.29) is 12.2 Å². The second kappa shape index (κ2) is 9.07. The second-order valence-electron chi connectivity index (χ2n) is 8.65. The van der Waals surface area contributed by atoms with Crippen molar-refractivity contribution in [2.24, 2.45) is 11.8 Å². The fourth-order valence-corrected chi connectivity index (χ4v) is 4.94. The topological polar surface area (TPSA) is 29.5 Å². The average molecular weight is 345 g/mol. The molecule has 140 valence electrons. The molecule has 25 heavy (non-hydrogen) atoms. The Hall–Kier alpha value is -1.02. The Morgan fingerprint density at radius 3 is 2.16 bits per heavy atom. The minimum Gasteiger partial charge on any atom is -0.491 e. The van der Waals surface area contributed by atoms with Crippen molar-refractivity contribution in [1.82, 2.24) is 0 Å². The van der Waals surface area contributed by atoms with Crippen LogP contribution in [0, 0.1) is 11.8 Å². The van der Waals surface area contributed by atoms with Crippen molar-refractivity contribution in [2.75, 3.05) is 0 Å². The third kappa shape index (κ3) is 5.48. The van der Waals surface area contributed by atoms with Crippen LogP contribution in [0.25, 0.3) is 0 Å². The first kappa shape index (κ1) is 18.8. The lowest BCUT2D eigenvalue weighted by Crippen LogP contribution is -2.23. The van der Waals surface area contributed by atoms with E-state index in [1.807, 2.05) is 0 Å². The van der Waals surface area contributed by atoms with E-state index < -0.39 is 0 Å². The number of aliphatic hydroxyl groups excluding tert-OH is 1. The van der Waals surface area contributed by atoms with Gasteiger partial charge in [-0.15, -0.1) is 0 Å². The molecule has 1 aromatic rings. The van der Waals surface area contributed by atoms with E-state index >= 15 is 0 Å². The van der Waals surface area contributed by atoms with Gasteiger partial charge in [0, 0.05) is 0 Å². The number of hydrogen-bond donors (Lipinski definition) is 1. The molecular weight excluding hydrogens is 308 g/mol. The van der Waals surface area contributed by atoms with Gasteiger partial charge in [0.05, 0.1) is 12.2 Å². The first-order chi connectivity index (χ1) is 12.1. The Balaban J connectivity index is 1.71. The molecule has 0 bridgehead atoms. The molecule has 0 heterocycles. The fourth-order valence-electron chi connectivity index (χ4n) is 4.94. The smallest absolute Gasteiger partial charge is 0.119 e. The Kier molecular flexibility index (Phi) is 6.81. The zero-order valence-corrected chi connectivity index (χ0v) is 16.1. The summed E-state index contributed by atoms with van der Waals surface area (Å²) in [5, 5.41) is 9.82. The van der Waals surface area contributed by atoms with Crippen molar-refractivity contribution in [2.45, 2.75) is 96.2 Å². The third-order valence-electron chi connectivity index (χ3n) is 6.30. The normalized spacial score (nSPS) is 26.6. The quantitative estimate of drug-likeness (QED) is 0.677. The first-order valence-electron chi connectivity index (χ1n) is 10.6. The highest BCUT2D eigenvalue weighted by atomic mass is 16.5. The summed E-state index contributed by atoms with van der Waals surface area (Å²) < 4.78 is 5.83. The summed E-state index contributed by atoms with van der Waals surface area (Å²) in [6.07, 6.45) is 12.9. The van der Waals surface area contributed by atoms with Crippen LogP contribution in [0.1, 0.15) is 89.5 Å². The van der Waals surface area contributed by atoms with Gasteiger partial charge >= 0.3 is 0 Å². The summed E-state index contributed by atoms with van der Waals surface area (Å²) in [5.41, 5.74) is 1.51. The van der Waals surface area contributed by atoms with Gasteiger partial charge < -0.3 is 9.84 Å². The van der Waals surface area contributed by atoms with Crippen LogP contribution in [0.15, 0.2) is 24.3 Å². The molecule has 2 heteroatoms. The van der Waals surface area contributed by atoms with E-state index in [9.17, 15) is 5.11 Å². The van der Waals surface area contributed by atoms with E-state index in [1.54, 1.807) is 0 Å². The van der Waals surface area contributed by atoms with Gasteiger partial charge in [0.15, 0.2) is 0 Å². The van der Waals surface area contributed by atoms with Gasteiger partial charge in [-0.05, 0) is 94.2 Å². The zero-order valence-electron chi connectivity index (χ0n) is 16.1. The number of hydrogen-bond acceptors (Lipinski definition) is 2. The highest BCUT2D eigenvalue weighted by Gasteiger charge is 2.29. The second-order valence-corrected chi connectivity index (χ2v) is 8.65. The molecule has 0 radical (unpaired) electrons. The molecule has 2 aliphatic rings. The average Bonchev–Trinajstić information content (AvgIpc) is 2.62. The van der Waals surface area contributed by atoms with E-state index in [1.165, 1.54) is 56.9 Å². The molecule has 2 aliphatic carbocycles. The summed E-state index contributed by atoms with van der Waals surface area (Å²) >= 11 is 0. The van der Waals surface area contributed by atoms with Gasteiger partial charge in [-0.3, -0.25) is 0 Å². The van der Waals surface area contributed by atoms with E-state index in [2.05, 4.69) is 38.1 Å². The number of ether oxygens (including phenoxy) is 1. The minimum atomic E-state index is -0.0446. The van der Waals surface area contributed by atoms with Crippen molar-refractivity contribution < 1.29 is 9.84 Å². The third-order valence-corrected chi connectivity index (χ3v) is 6.30. The van der Waals surface area contributed by atoms with E-state index in [0.717, 1.165) is 30.4 Å². The van der Waals surface area contributed by atoms with Crippen LogP contribution >= 0.6 is 0 Å². The molecule has 1 atom stereocenters. The van der Waals surface area contributed by atoms with Crippen molar-refractivity contribution >= 4 is 0 Å². The molecule has 2 fully saturated rings. The minimum absolute atomic E-state index is 0.0446. The highest BCUT2D eigenvalue weighted by Crippen LogP contribution is 2.42. The molecule has 2 saturated carbocycles. The molecule has 1 unspecified atom stereocenters. The molecule has 1 N–H and O–H groups in total. The largest absolute Gasteiger partial charge is 0.491 e. The Morgan fingerprint density at radius 1 is 0.920 bits per heavy atom. The first-order valence-corrected chi connectivity index (χ1v) is 10.6. The summed E-state index contributed by atoms with van der Waals surface area (Å²) in [7, 11) is 0. The Bertz CT molecular complexity index is 493. The Labute approximate surface area is 154 Å². The maximum atomic E-state index is 9.82. The standard InChI is InChI=1S/C23H36O2/c1-17(2)25-22-14-10-20(11-15-22)23(19-6-4-3-5-7-19)16-18-8-12-21(24)13-9-18/h10-11,14-15,17-19,21,23-24H,3-9,12-13,16H2,1-2H3. The number of benzene rings is 1. The number of aliphatic hydroxyl groups is 1. The summed E-state index contributed by atoms with van der Waals surface area (Å²) in [5.74, 6) is 3.31. The summed E-state index contributed by atoms with van der Waals surface area (Å²) in [6, 6.07) is 8.95. The van der Waals surface area contributed by atoms with Gasteiger partial charge in [0.25, 0.3) is 0 Å². The van der Waals surface area contributed by atoms with Crippen LogP contribution in [-0.2, 0) is 0 Å². The maximum absolute atomic E-state index is 9.82. The number of rotatable bonds is 6. The molecule has 2 nitrogen and oxygen atoms in total. The SMILES string of the molecule is CC(C)Oc1ccc(C(CC2CCC(O)CC2)C2CCCCC2)cc1. The van der Waals surface area contributed by atoms with E-state index in [4.69, 9.17) is 4.74 Å². The van der Waals surface area contributed by atoms with Crippen molar-refractivity contribution in [3.63, 3.8) is 0 Å². The molecule has 0 aromatic heterocycles. The van der Waals surface area contributed by atoms with Crippen molar-refractivity contribution in [3.8, 4) is 5.75 Å². The van der Waals surface area contributed by atoms with Crippen LogP contribution in [-0.4, -0.2) is 17.3 Å². The van der Waals surface area contributed by atoms with Crippen LogP contribution in [0.3, 0.4) is 0 Å². The molecule has 0 saturated heterocycles. The van der Waals surface area contributed by atoms with Crippen LogP contribution in [0.2, 0.25) is 0 Å². The Morgan fingerprint density at radius 2 is 1.56 bits per heavy atom. The molecule has 0 amide bonds. The highest BCUT2D eigenvalue weighted by molar-refractivity contribution is 5.30. The van der Waals surface area contributed by atoms with Crippen molar-refractivity contribution in [3.05, 3.63) is 29.8 Å². The van der Waals surface area contributed by atoms with E-state index in [0.29, 0.717) is 5.92 Å². The lowest BCUT2D eigenvalue weighted by atomic mass is 9.71. The molecule has 3 rings (SSSR count). The summed E-state index contributed by atoms with van der Waals surface area (Å²) in [6.45, 7) is 4.16. The van der Waals surface area contributed by atoms with Gasteiger partial charge in [-0.25, -0.2) is 0 Å². The van der Waals surface area contributed by atoms with Gasteiger partial charge in [-0.2, -0.15) is 0 Å². The predicted molar refractivity (Wildman–Crippen MR) is 104 cm³/mol. The van der Waals surface area contributed by atoms with Crippen molar-refractivity contribution in [1.29, 1.82) is 0 Å². The lowest BCUT2D eigenvalue weighted by Gasteiger charge is -2.35. The van der Waals surface area contributed by atoms with Gasteiger partial charge in [-0.1, -0.05) is 31.4 Å². The molecule has 0 spiro atoms. The van der Waals surface area contributed by atoms with Crippen LogP contribution in [0.5, 0.6) is 5.75 Å². The van der Waals surface area contributed by atoms with Gasteiger partial charge in [0.1, 0.15) is 5.75 Å². The lowest BCUT2D eigenvalue weighted by molar-refractivity contribution is 0.101. The summed E-state index contributed by atoms with van der Waals surface area (Å²) in [4.78, 5) is 0. The predicted octanol–water partition coefficient (Wildman–Crippen LogP) is 6.08. The molecular formula is C23H36O2. The van der Waals surface area contributed by atoms with Gasteiger partial charge in [0.2, 0.25) is 0 Å².